The summed E-state index contributed by atoms with van der Waals surface area (Å²) in [6.45, 7) is 2.17. The van der Waals surface area contributed by atoms with Gasteiger partial charge in [-0.25, -0.2) is 13.8 Å². The smallest absolute Gasteiger partial charge is 0.164 e. The molecule has 0 aliphatic carbocycles. The number of benzene rings is 1. The first-order chi connectivity index (χ1) is 9.04. The van der Waals surface area contributed by atoms with Crippen molar-refractivity contribution < 1.29 is 13.5 Å². The third-order valence-corrected chi connectivity index (χ3v) is 4.80. The average molecular weight is 284 g/mol. The van der Waals surface area contributed by atoms with E-state index in [1.54, 1.807) is 6.07 Å². The molecular formula is C13H14F2N2OS. The molecule has 0 saturated carbocycles. The van der Waals surface area contributed by atoms with E-state index in [0.717, 1.165) is 6.07 Å². The molecule has 0 amide bonds. The number of rotatable bonds is 1. The number of aliphatic imine (C=N–C) groups is 1. The van der Waals surface area contributed by atoms with Gasteiger partial charge in [-0.05, 0) is 13.0 Å². The molecule has 19 heavy (non-hydrogen) atoms. The number of fused-ring (bicyclic) bond motifs is 1. The van der Waals surface area contributed by atoms with Crippen molar-refractivity contribution in [2.24, 2.45) is 16.6 Å². The Morgan fingerprint density at radius 3 is 3.05 bits per heavy atom. The third kappa shape index (κ3) is 1.85. The van der Waals surface area contributed by atoms with Gasteiger partial charge in [0.05, 0.1) is 12.7 Å². The molecule has 1 fully saturated rings. The zero-order valence-corrected chi connectivity index (χ0v) is 11.2. The fourth-order valence-electron chi connectivity index (χ4n) is 2.84. The van der Waals surface area contributed by atoms with Crippen molar-refractivity contribution in [3.05, 3.63) is 35.4 Å². The third-order valence-electron chi connectivity index (χ3n) is 3.88. The SMILES string of the molecule is C[C@H]1OC[C@]2(c3cccc(F)c3F)N=C(N)SC[C@H]12. The molecule has 2 aliphatic heterocycles. The lowest BCUT2D eigenvalue weighted by molar-refractivity contribution is 0.107. The predicted octanol–water partition coefficient (Wildman–Crippen LogP) is 2.26. The maximum Gasteiger partial charge on any atom is 0.164 e. The lowest BCUT2D eigenvalue weighted by Gasteiger charge is -2.35. The van der Waals surface area contributed by atoms with Gasteiger partial charge in [0.15, 0.2) is 16.8 Å². The lowest BCUT2D eigenvalue weighted by atomic mass is 9.79. The van der Waals surface area contributed by atoms with Gasteiger partial charge in [0, 0.05) is 17.2 Å². The van der Waals surface area contributed by atoms with Crippen LogP contribution in [0.3, 0.4) is 0 Å². The van der Waals surface area contributed by atoms with E-state index in [0.29, 0.717) is 10.9 Å². The van der Waals surface area contributed by atoms with Crippen LogP contribution in [0.1, 0.15) is 12.5 Å². The Hall–Kier alpha value is -1.14. The molecule has 3 nitrogen and oxygen atoms in total. The highest BCUT2D eigenvalue weighted by Crippen LogP contribution is 2.47. The Balaban J connectivity index is 2.19. The highest BCUT2D eigenvalue weighted by atomic mass is 32.2. The number of ether oxygens (including phenoxy) is 1. The maximum absolute atomic E-state index is 14.1. The van der Waals surface area contributed by atoms with Crippen LogP contribution in [0.2, 0.25) is 0 Å². The summed E-state index contributed by atoms with van der Waals surface area (Å²) in [5.41, 5.74) is 5.14. The Morgan fingerprint density at radius 1 is 1.47 bits per heavy atom. The molecule has 0 unspecified atom stereocenters. The van der Waals surface area contributed by atoms with E-state index in [4.69, 9.17) is 10.5 Å². The van der Waals surface area contributed by atoms with Crippen LogP contribution in [0.4, 0.5) is 8.78 Å². The topological polar surface area (TPSA) is 47.6 Å². The molecule has 6 heteroatoms. The molecule has 1 aromatic carbocycles. The van der Waals surface area contributed by atoms with E-state index in [9.17, 15) is 8.78 Å². The largest absolute Gasteiger partial charge is 0.379 e. The fourth-order valence-corrected chi connectivity index (χ4v) is 3.96. The van der Waals surface area contributed by atoms with E-state index in [-0.39, 0.29) is 24.2 Å². The van der Waals surface area contributed by atoms with Crippen LogP contribution in [0.5, 0.6) is 0 Å². The van der Waals surface area contributed by atoms with Gasteiger partial charge in [-0.2, -0.15) is 0 Å². The van der Waals surface area contributed by atoms with Crippen molar-refractivity contribution in [1.29, 1.82) is 0 Å². The number of nitrogens with two attached hydrogens (primary N) is 1. The van der Waals surface area contributed by atoms with Gasteiger partial charge in [0.1, 0.15) is 5.54 Å². The fraction of sp³-hybridized carbons (Fsp3) is 0.462. The van der Waals surface area contributed by atoms with E-state index in [1.165, 1.54) is 17.8 Å². The van der Waals surface area contributed by atoms with Crippen molar-refractivity contribution in [2.45, 2.75) is 18.6 Å². The van der Waals surface area contributed by atoms with Gasteiger partial charge in [0.2, 0.25) is 0 Å². The molecule has 2 heterocycles. The summed E-state index contributed by atoms with van der Waals surface area (Å²) in [4.78, 5) is 4.42. The zero-order valence-electron chi connectivity index (χ0n) is 10.4. The van der Waals surface area contributed by atoms with Crippen molar-refractivity contribution >= 4 is 16.9 Å². The van der Waals surface area contributed by atoms with Gasteiger partial charge in [0.25, 0.3) is 0 Å². The van der Waals surface area contributed by atoms with Crippen molar-refractivity contribution in [1.82, 2.24) is 0 Å². The second-order valence-electron chi connectivity index (χ2n) is 4.91. The first-order valence-electron chi connectivity index (χ1n) is 6.09. The van der Waals surface area contributed by atoms with Crippen molar-refractivity contribution in [3.8, 4) is 0 Å². The summed E-state index contributed by atoms with van der Waals surface area (Å²) < 4.78 is 33.2. The van der Waals surface area contributed by atoms with Gasteiger partial charge >= 0.3 is 0 Å². The molecule has 3 atom stereocenters. The second-order valence-corrected chi connectivity index (χ2v) is 5.95. The molecule has 1 saturated heterocycles. The summed E-state index contributed by atoms with van der Waals surface area (Å²) in [6.07, 6.45) is -0.0491. The predicted molar refractivity (Wildman–Crippen MR) is 71.0 cm³/mol. The average Bonchev–Trinajstić information content (AvgIpc) is 2.70. The van der Waals surface area contributed by atoms with Crippen molar-refractivity contribution in [2.75, 3.05) is 12.4 Å². The Kier molecular flexibility index (Phi) is 3.02. The number of nitrogens with zero attached hydrogens (tertiary/aromatic N) is 1. The second kappa shape index (κ2) is 4.45. The van der Waals surface area contributed by atoms with E-state index in [2.05, 4.69) is 4.99 Å². The van der Waals surface area contributed by atoms with E-state index >= 15 is 0 Å². The van der Waals surface area contributed by atoms with Crippen LogP contribution < -0.4 is 5.73 Å². The monoisotopic (exact) mass is 284 g/mol. The van der Waals surface area contributed by atoms with Crippen molar-refractivity contribution in [3.63, 3.8) is 0 Å². The molecule has 0 aromatic heterocycles. The molecule has 102 valence electrons. The lowest BCUT2D eigenvalue weighted by Crippen LogP contribution is -2.42. The summed E-state index contributed by atoms with van der Waals surface area (Å²) in [7, 11) is 0. The maximum atomic E-state index is 14.1. The van der Waals surface area contributed by atoms with Gasteiger partial charge in [-0.3, -0.25) is 0 Å². The Morgan fingerprint density at radius 2 is 2.26 bits per heavy atom. The van der Waals surface area contributed by atoms with Crippen LogP contribution in [0.15, 0.2) is 23.2 Å². The Bertz CT molecular complexity index is 551. The molecule has 0 spiro atoms. The standard InChI is InChI=1S/C13H14F2N2OS/c1-7-9-5-19-12(16)17-13(9,6-18-7)8-3-2-4-10(14)11(8)15/h2-4,7,9H,5-6H2,1H3,(H2,16,17)/t7-,9-,13-/m1/s1. The minimum Gasteiger partial charge on any atom is -0.379 e. The van der Waals surface area contributed by atoms with Crippen LogP contribution >= 0.6 is 11.8 Å². The molecule has 3 rings (SSSR count). The van der Waals surface area contributed by atoms with Gasteiger partial charge in [-0.1, -0.05) is 23.9 Å². The van der Waals surface area contributed by atoms with Crippen LogP contribution in [0, 0.1) is 17.6 Å². The number of hydrogen-bond donors (Lipinski definition) is 1. The highest BCUT2D eigenvalue weighted by Gasteiger charge is 2.52. The molecule has 0 bridgehead atoms. The minimum atomic E-state index is -0.888. The number of thioether (sulfide) groups is 1. The first kappa shape index (κ1) is 12.9. The molecule has 1 aromatic rings. The Labute approximate surface area is 114 Å². The minimum absolute atomic E-state index is 0.00102. The normalized spacial score (nSPS) is 33.9. The summed E-state index contributed by atoms with van der Waals surface area (Å²) >= 11 is 1.43. The highest BCUT2D eigenvalue weighted by molar-refractivity contribution is 8.13. The number of hydrogen-bond acceptors (Lipinski definition) is 4. The van der Waals surface area contributed by atoms with Gasteiger partial charge in [-0.15, -0.1) is 0 Å². The van der Waals surface area contributed by atoms with Crippen LogP contribution in [-0.4, -0.2) is 23.6 Å². The number of halogens is 2. The van der Waals surface area contributed by atoms with Crippen LogP contribution in [0.25, 0.3) is 0 Å². The first-order valence-corrected chi connectivity index (χ1v) is 7.07. The molecular weight excluding hydrogens is 270 g/mol. The van der Waals surface area contributed by atoms with Crippen LogP contribution in [-0.2, 0) is 10.3 Å². The quantitative estimate of drug-likeness (QED) is 0.860. The molecule has 2 N–H and O–H groups in total. The number of amidine groups is 1. The summed E-state index contributed by atoms with van der Waals surface area (Å²) in [5.74, 6) is -1.01. The summed E-state index contributed by atoms with van der Waals surface area (Å²) in [5, 5.41) is 0.401. The molecule has 2 aliphatic rings. The van der Waals surface area contributed by atoms with Gasteiger partial charge < -0.3 is 10.5 Å². The molecule has 0 radical (unpaired) electrons. The summed E-state index contributed by atoms with van der Waals surface area (Å²) in [6, 6.07) is 4.17. The zero-order chi connectivity index (χ0) is 13.6. The van der Waals surface area contributed by atoms with E-state index < -0.39 is 17.2 Å². The van der Waals surface area contributed by atoms with E-state index in [1.807, 2.05) is 6.92 Å².